The Morgan fingerprint density at radius 1 is 0.971 bits per heavy atom. The van der Waals surface area contributed by atoms with E-state index in [1.54, 1.807) is 37.2 Å². The van der Waals surface area contributed by atoms with Gasteiger partial charge in [-0.05, 0) is 50.2 Å². The van der Waals surface area contributed by atoms with Crippen molar-refractivity contribution in [3.63, 3.8) is 0 Å². The molecule has 8 nitrogen and oxygen atoms in total. The molecule has 5 rings (SSSR count). The molecular weight excluding hydrogens is 448 g/mol. The first-order chi connectivity index (χ1) is 16.5. The summed E-state index contributed by atoms with van der Waals surface area (Å²) in [6.07, 6.45) is 3.41. The van der Waals surface area contributed by atoms with Crippen LogP contribution >= 0.6 is 11.8 Å². The number of benzene rings is 2. The van der Waals surface area contributed by atoms with E-state index in [0.717, 1.165) is 11.3 Å². The van der Waals surface area contributed by atoms with E-state index in [-0.39, 0.29) is 17.6 Å². The lowest BCUT2D eigenvalue weighted by Gasteiger charge is -2.42. The van der Waals surface area contributed by atoms with E-state index < -0.39 is 5.54 Å². The van der Waals surface area contributed by atoms with Crippen LogP contribution in [0.2, 0.25) is 0 Å². The molecule has 0 aliphatic carbocycles. The summed E-state index contributed by atoms with van der Waals surface area (Å²) in [4.78, 5) is 31.9. The highest BCUT2D eigenvalue weighted by molar-refractivity contribution is 7.99. The third-order valence-electron chi connectivity index (χ3n) is 5.67. The van der Waals surface area contributed by atoms with Gasteiger partial charge in [-0.1, -0.05) is 42.1 Å². The highest BCUT2D eigenvalue weighted by Crippen LogP contribution is 2.37. The van der Waals surface area contributed by atoms with Crippen molar-refractivity contribution < 1.29 is 9.59 Å². The number of nitrogens with one attached hydrogen (secondary N) is 1. The van der Waals surface area contributed by atoms with Gasteiger partial charge >= 0.3 is 0 Å². The summed E-state index contributed by atoms with van der Waals surface area (Å²) in [5, 5.41) is 12.3. The monoisotopic (exact) mass is 470 g/mol. The van der Waals surface area contributed by atoms with Crippen LogP contribution < -0.4 is 10.2 Å². The number of amides is 2. The van der Waals surface area contributed by atoms with Crippen LogP contribution in [-0.2, 0) is 9.59 Å². The first-order valence-corrected chi connectivity index (χ1v) is 11.7. The maximum atomic E-state index is 13.5. The summed E-state index contributed by atoms with van der Waals surface area (Å²) in [7, 11) is 0. The summed E-state index contributed by atoms with van der Waals surface area (Å²) >= 11 is 1.29. The number of aromatic nitrogens is 4. The fraction of sp³-hybridized carbons (Fsp3) is 0.160. The summed E-state index contributed by atoms with van der Waals surface area (Å²) in [6.45, 7) is 3.49. The van der Waals surface area contributed by atoms with Gasteiger partial charge < -0.3 is 5.32 Å². The standard InChI is InChI=1S/C25H22N6O2S/c1-25(2)23(33)27-19-10-6-7-11-20(19)31(25)21(32)16-34-24-29-28-22(17-12-14-26-15-13-17)30(24)18-8-4-3-5-9-18/h3-15H,16H2,1-2H3,(H,27,33). The summed E-state index contributed by atoms with van der Waals surface area (Å²) < 4.78 is 1.93. The van der Waals surface area contributed by atoms with Crippen molar-refractivity contribution in [1.29, 1.82) is 0 Å². The van der Waals surface area contributed by atoms with Crippen molar-refractivity contribution in [2.24, 2.45) is 0 Å². The van der Waals surface area contributed by atoms with E-state index in [1.807, 2.05) is 65.2 Å². The Morgan fingerprint density at radius 3 is 2.44 bits per heavy atom. The summed E-state index contributed by atoms with van der Waals surface area (Å²) in [5.74, 6) is 0.334. The fourth-order valence-corrected chi connectivity index (χ4v) is 4.75. The van der Waals surface area contributed by atoms with Gasteiger partial charge in [-0.3, -0.25) is 24.0 Å². The van der Waals surface area contributed by atoms with Crippen molar-refractivity contribution >= 4 is 35.0 Å². The summed E-state index contributed by atoms with van der Waals surface area (Å²) in [5.41, 5.74) is 2.03. The largest absolute Gasteiger partial charge is 0.322 e. The van der Waals surface area contributed by atoms with Gasteiger partial charge in [0.1, 0.15) is 5.54 Å². The lowest BCUT2D eigenvalue weighted by atomic mass is 9.96. The molecule has 2 amide bonds. The number of anilines is 2. The normalized spacial score (nSPS) is 14.4. The molecule has 2 aromatic carbocycles. The topological polar surface area (TPSA) is 93.0 Å². The molecule has 0 fully saturated rings. The quantitative estimate of drug-likeness (QED) is 0.440. The number of hydrogen-bond donors (Lipinski definition) is 1. The average Bonchev–Trinajstić information content (AvgIpc) is 3.28. The van der Waals surface area contributed by atoms with Gasteiger partial charge in [-0.25, -0.2) is 0 Å². The number of nitrogens with zero attached hydrogens (tertiary/aromatic N) is 5. The van der Waals surface area contributed by atoms with Gasteiger partial charge in [0.05, 0.1) is 17.1 Å². The molecule has 170 valence electrons. The summed E-state index contributed by atoms with van der Waals surface area (Å²) in [6, 6.07) is 20.8. The highest BCUT2D eigenvalue weighted by atomic mass is 32.2. The molecule has 1 N–H and O–H groups in total. The smallest absolute Gasteiger partial charge is 0.250 e. The van der Waals surface area contributed by atoms with Crippen LogP contribution in [0.15, 0.2) is 84.3 Å². The Morgan fingerprint density at radius 2 is 1.68 bits per heavy atom. The van der Waals surface area contributed by atoms with Crippen LogP contribution in [0.4, 0.5) is 11.4 Å². The first kappa shape index (κ1) is 21.8. The maximum absolute atomic E-state index is 13.5. The second kappa shape index (κ2) is 8.75. The number of carbonyl (C=O) groups is 2. The molecule has 9 heteroatoms. The lowest BCUT2D eigenvalue weighted by molar-refractivity contribution is -0.125. The molecule has 1 aliphatic heterocycles. The number of thioether (sulfide) groups is 1. The van der Waals surface area contributed by atoms with Crippen LogP contribution in [0, 0.1) is 0 Å². The predicted molar refractivity (Wildman–Crippen MR) is 132 cm³/mol. The Labute approximate surface area is 201 Å². The fourth-order valence-electron chi connectivity index (χ4n) is 3.95. The zero-order valence-electron chi connectivity index (χ0n) is 18.7. The minimum absolute atomic E-state index is 0.0896. The Balaban J connectivity index is 1.48. The van der Waals surface area contributed by atoms with Gasteiger partial charge in [0.15, 0.2) is 11.0 Å². The third-order valence-corrected chi connectivity index (χ3v) is 6.58. The average molecular weight is 471 g/mol. The van der Waals surface area contributed by atoms with Crippen molar-refractivity contribution in [3.8, 4) is 17.1 Å². The molecule has 0 saturated heterocycles. The second-order valence-corrected chi connectivity index (χ2v) is 9.20. The predicted octanol–water partition coefficient (Wildman–Crippen LogP) is 4.19. The van der Waals surface area contributed by atoms with Gasteiger partial charge in [-0.2, -0.15) is 0 Å². The number of rotatable bonds is 5. The molecule has 0 spiro atoms. The number of pyridine rings is 1. The molecule has 0 atom stereocenters. The molecule has 4 aromatic rings. The lowest BCUT2D eigenvalue weighted by Crippen LogP contribution is -2.59. The van der Waals surface area contributed by atoms with E-state index in [1.165, 1.54) is 11.8 Å². The van der Waals surface area contributed by atoms with Crippen LogP contribution in [0.3, 0.4) is 0 Å². The number of para-hydroxylation sites is 3. The third kappa shape index (κ3) is 3.84. The van der Waals surface area contributed by atoms with Crippen LogP contribution in [0.1, 0.15) is 13.8 Å². The minimum Gasteiger partial charge on any atom is -0.322 e. The van der Waals surface area contributed by atoms with Crippen molar-refractivity contribution in [2.75, 3.05) is 16.0 Å². The van der Waals surface area contributed by atoms with E-state index in [4.69, 9.17) is 0 Å². The molecular formula is C25H22N6O2S. The van der Waals surface area contributed by atoms with Gasteiger partial charge in [0.25, 0.3) is 0 Å². The Bertz CT molecular complexity index is 1350. The zero-order chi connectivity index (χ0) is 23.7. The van der Waals surface area contributed by atoms with E-state index >= 15 is 0 Å². The number of carbonyl (C=O) groups excluding carboxylic acids is 2. The van der Waals surface area contributed by atoms with Gasteiger partial charge in [0.2, 0.25) is 11.8 Å². The molecule has 0 radical (unpaired) electrons. The maximum Gasteiger partial charge on any atom is 0.250 e. The molecule has 3 heterocycles. The van der Waals surface area contributed by atoms with E-state index in [9.17, 15) is 9.59 Å². The Kier molecular flexibility index (Phi) is 5.62. The minimum atomic E-state index is -1.03. The van der Waals surface area contributed by atoms with Crippen LogP contribution in [-0.4, -0.2) is 42.9 Å². The second-order valence-electron chi connectivity index (χ2n) is 8.26. The molecule has 0 saturated carbocycles. The van der Waals surface area contributed by atoms with Crippen molar-refractivity contribution in [3.05, 3.63) is 79.1 Å². The van der Waals surface area contributed by atoms with Gasteiger partial charge in [-0.15, -0.1) is 10.2 Å². The molecule has 34 heavy (non-hydrogen) atoms. The van der Waals surface area contributed by atoms with Crippen LogP contribution in [0.5, 0.6) is 0 Å². The van der Waals surface area contributed by atoms with Gasteiger partial charge in [0, 0.05) is 23.6 Å². The van der Waals surface area contributed by atoms with Crippen LogP contribution in [0.25, 0.3) is 17.1 Å². The molecule has 0 unspecified atom stereocenters. The zero-order valence-corrected chi connectivity index (χ0v) is 19.5. The number of hydrogen-bond acceptors (Lipinski definition) is 6. The SMILES string of the molecule is CC1(C)C(=O)Nc2ccccc2N1C(=O)CSc1nnc(-c2ccncc2)n1-c1ccccc1. The molecule has 1 aliphatic rings. The van der Waals surface area contributed by atoms with E-state index in [0.29, 0.717) is 22.4 Å². The van der Waals surface area contributed by atoms with Crippen molar-refractivity contribution in [1.82, 2.24) is 19.7 Å². The number of fused-ring (bicyclic) bond motifs is 1. The van der Waals surface area contributed by atoms with Crippen molar-refractivity contribution in [2.45, 2.75) is 24.5 Å². The molecule has 0 bridgehead atoms. The Hall–Kier alpha value is -3.98. The first-order valence-electron chi connectivity index (χ1n) is 10.7. The molecule has 2 aromatic heterocycles. The van der Waals surface area contributed by atoms with E-state index in [2.05, 4.69) is 20.5 Å². The highest BCUT2D eigenvalue weighted by Gasteiger charge is 2.43.